The molecule has 0 aliphatic heterocycles. The van der Waals surface area contributed by atoms with E-state index < -0.39 is 0 Å². The lowest BCUT2D eigenvalue weighted by Crippen LogP contribution is -2.28. The molecule has 1 aromatic rings. The molecule has 0 N–H and O–H groups in total. The first-order valence-corrected chi connectivity index (χ1v) is 7.68. The summed E-state index contributed by atoms with van der Waals surface area (Å²) in [5.74, 6) is 2.21. The number of ether oxygens (including phenoxy) is 1. The van der Waals surface area contributed by atoms with Crippen LogP contribution in [-0.4, -0.2) is 16.1 Å². The van der Waals surface area contributed by atoms with Crippen molar-refractivity contribution in [1.82, 2.24) is 9.97 Å². The van der Waals surface area contributed by atoms with E-state index in [4.69, 9.17) is 4.74 Å². The Hall–Kier alpha value is -0.640. The Labute approximate surface area is 117 Å². The summed E-state index contributed by atoms with van der Waals surface area (Å²) in [7, 11) is 0. The average Bonchev–Trinajstić information content (AvgIpc) is 2.32. The third-order valence-electron chi connectivity index (χ3n) is 3.50. The summed E-state index contributed by atoms with van der Waals surface area (Å²) in [6, 6.07) is 1.88. The van der Waals surface area contributed by atoms with Gasteiger partial charge >= 0.3 is 0 Å². The van der Waals surface area contributed by atoms with Crippen LogP contribution >= 0.6 is 15.9 Å². The van der Waals surface area contributed by atoms with Crippen LogP contribution in [0.5, 0.6) is 5.88 Å². The number of aryl methyl sites for hydroxylation is 1. The fourth-order valence-corrected chi connectivity index (χ4v) is 2.85. The Bertz CT molecular complexity index is 397. The van der Waals surface area contributed by atoms with Crippen molar-refractivity contribution in [1.29, 1.82) is 0 Å². The second-order valence-corrected chi connectivity index (χ2v) is 5.93. The Balaban J connectivity index is 2.07. The van der Waals surface area contributed by atoms with E-state index in [1.54, 1.807) is 0 Å². The standard InChI is InChI=1S/C14H21BrN2O/c1-3-6-13-16-12(15)9-14(17-13)18-11-8-5-4-7-10(11)2/h9-11H,3-8H2,1-2H3. The maximum Gasteiger partial charge on any atom is 0.218 e. The van der Waals surface area contributed by atoms with E-state index in [9.17, 15) is 0 Å². The average molecular weight is 313 g/mol. The van der Waals surface area contributed by atoms with Crippen molar-refractivity contribution in [3.05, 3.63) is 16.5 Å². The molecule has 1 aliphatic rings. The number of rotatable bonds is 4. The van der Waals surface area contributed by atoms with E-state index in [-0.39, 0.29) is 0 Å². The third-order valence-corrected chi connectivity index (χ3v) is 3.90. The van der Waals surface area contributed by atoms with Crippen LogP contribution in [-0.2, 0) is 6.42 Å². The van der Waals surface area contributed by atoms with Crippen LogP contribution < -0.4 is 4.74 Å². The van der Waals surface area contributed by atoms with Crippen molar-refractivity contribution in [2.75, 3.05) is 0 Å². The van der Waals surface area contributed by atoms with E-state index >= 15 is 0 Å². The molecule has 4 heteroatoms. The Kier molecular flexibility index (Phi) is 4.98. The zero-order valence-electron chi connectivity index (χ0n) is 11.2. The summed E-state index contributed by atoms with van der Waals surface area (Å²) in [5, 5.41) is 0. The lowest BCUT2D eigenvalue weighted by atomic mass is 9.88. The number of nitrogens with zero attached hydrogens (tertiary/aromatic N) is 2. The fourth-order valence-electron chi connectivity index (χ4n) is 2.45. The summed E-state index contributed by atoms with van der Waals surface area (Å²) in [6.07, 6.45) is 7.27. The molecule has 1 aromatic heterocycles. The van der Waals surface area contributed by atoms with Crippen molar-refractivity contribution < 1.29 is 4.74 Å². The molecule has 1 fully saturated rings. The lowest BCUT2D eigenvalue weighted by Gasteiger charge is -2.28. The first-order chi connectivity index (χ1) is 8.69. The molecule has 0 spiro atoms. The second kappa shape index (κ2) is 6.50. The number of hydrogen-bond acceptors (Lipinski definition) is 3. The Morgan fingerprint density at radius 3 is 2.83 bits per heavy atom. The Morgan fingerprint density at radius 1 is 1.33 bits per heavy atom. The highest BCUT2D eigenvalue weighted by molar-refractivity contribution is 9.10. The molecule has 0 amide bonds. The molecule has 2 atom stereocenters. The van der Waals surface area contributed by atoms with E-state index in [1.807, 2.05) is 6.07 Å². The normalized spacial score (nSPS) is 23.9. The molecule has 18 heavy (non-hydrogen) atoms. The molecule has 0 radical (unpaired) electrons. The van der Waals surface area contributed by atoms with Crippen molar-refractivity contribution in [2.45, 2.75) is 58.5 Å². The fraction of sp³-hybridized carbons (Fsp3) is 0.714. The molecule has 1 aliphatic carbocycles. The van der Waals surface area contributed by atoms with E-state index in [0.717, 1.165) is 35.6 Å². The van der Waals surface area contributed by atoms with Gasteiger partial charge in [0.15, 0.2) is 0 Å². The molecule has 1 heterocycles. The van der Waals surface area contributed by atoms with Crippen LogP contribution in [0.2, 0.25) is 0 Å². The van der Waals surface area contributed by atoms with Gasteiger partial charge in [-0.3, -0.25) is 0 Å². The van der Waals surface area contributed by atoms with Crippen LogP contribution in [0.3, 0.4) is 0 Å². The maximum atomic E-state index is 6.05. The molecule has 0 aromatic carbocycles. The topological polar surface area (TPSA) is 35.0 Å². The van der Waals surface area contributed by atoms with Gasteiger partial charge in [0.05, 0.1) is 0 Å². The summed E-state index contributed by atoms with van der Waals surface area (Å²) in [5.41, 5.74) is 0. The zero-order chi connectivity index (χ0) is 13.0. The zero-order valence-corrected chi connectivity index (χ0v) is 12.7. The predicted molar refractivity (Wildman–Crippen MR) is 75.8 cm³/mol. The smallest absolute Gasteiger partial charge is 0.218 e. The highest BCUT2D eigenvalue weighted by Crippen LogP contribution is 2.28. The van der Waals surface area contributed by atoms with Gasteiger partial charge in [0, 0.05) is 12.5 Å². The van der Waals surface area contributed by atoms with Crippen LogP contribution in [0.1, 0.15) is 51.8 Å². The highest BCUT2D eigenvalue weighted by Gasteiger charge is 2.23. The van der Waals surface area contributed by atoms with Gasteiger partial charge in [-0.1, -0.05) is 20.3 Å². The molecule has 2 unspecified atom stereocenters. The minimum atomic E-state index is 0.315. The first kappa shape index (κ1) is 13.8. The second-order valence-electron chi connectivity index (χ2n) is 5.11. The van der Waals surface area contributed by atoms with Gasteiger partial charge in [0.2, 0.25) is 5.88 Å². The van der Waals surface area contributed by atoms with Gasteiger partial charge in [0.25, 0.3) is 0 Å². The van der Waals surface area contributed by atoms with Gasteiger partial charge < -0.3 is 4.74 Å². The van der Waals surface area contributed by atoms with E-state index in [0.29, 0.717) is 12.0 Å². The minimum Gasteiger partial charge on any atom is -0.474 e. The SMILES string of the molecule is CCCc1nc(Br)cc(OC2CCCCC2C)n1. The quantitative estimate of drug-likeness (QED) is 0.783. The van der Waals surface area contributed by atoms with Gasteiger partial charge in [0.1, 0.15) is 16.5 Å². The minimum absolute atomic E-state index is 0.315. The number of halogens is 1. The molecule has 0 bridgehead atoms. The Morgan fingerprint density at radius 2 is 2.11 bits per heavy atom. The van der Waals surface area contributed by atoms with Crippen molar-refractivity contribution in [2.24, 2.45) is 5.92 Å². The molecule has 2 rings (SSSR count). The predicted octanol–water partition coefficient (Wildman–Crippen LogP) is 4.15. The van der Waals surface area contributed by atoms with Crippen molar-refractivity contribution >= 4 is 15.9 Å². The molecule has 0 saturated heterocycles. The molecule has 100 valence electrons. The summed E-state index contributed by atoms with van der Waals surface area (Å²) in [4.78, 5) is 8.85. The summed E-state index contributed by atoms with van der Waals surface area (Å²) >= 11 is 3.43. The molecule has 3 nitrogen and oxygen atoms in total. The monoisotopic (exact) mass is 312 g/mol. The third kappa shape index (κ3) is 3.67. The summed E-state index contributed by atoms with van der Waals surface area (Å²) < 4.78 is 6.87. The summed E-state index contributed by atoms with van der Waals surface area (Å²) in [6.45, 7) is 4.40. The van der Waals surface area contributed by atoms with Crippen LogP contribution in [0.4, 0.5) is 0 Å². The largest absolute Gasteiger partial charge is 0.474 e. The van der Waals surface area contributed by atoms with Crippen LogP contribution in [0.25, 0.3) is 0 Å². The first-order valence-electron chi connectivity index (χ1n) is 6.89. The highest BCUT2D eigenvalue weighted by atomic mass is 79.9. The maximum absolute atomic E-state index is 6.05. The van der Waals surface area contributed by atoms with Crippen LogP contribution in [0.15, 0.2) is 10.7 Å². The lowest BCUT2D eigenvalue weighted by molar-refractivity contribution is 0.0970. The van der Waals surface area contributed by atoms with Gasteiger partial charge in [-0.05, 0) is 47.5 Å². The van der Waals surface area contributed by atoms with Crippen LogP contribution in [0, 0.1) is 5.92 Å². The van der Waals surface area contributed by atoms with Gasteiger partial charge in [-0.15, -0.1) is 0 Å². The molecule has 1 saturated carbocycles. The number of hydrogen-bond donors (Lipinski definition) is 0. The van der Waals surface area contributed by atoms with Gasteiger partial charge in [-0.2, -0.15) is 4.98 Å². The van der Waals surface area contributed by atoms with Crippen molar-refractivity contribution in [3.8, 4) is 5.88 Å². The molecular formula is C14H21BrN2O. The van der Waals surface area contributed by atoms with E-state index in [1.165, 1.54) is 19.3 Å². The van der Waals surface area contributed by atoms with E-state index in [2.05, 4.69) is 39.7 Å². The van der Waals surface area contributed by atoms with Gasteiger partial charge in [-0.25, -0.2) is 4.98 Å². The number of aromatic nitrogens is 2. The molecular weight excluding hydrogens is 292 g/mol. The van der Waals surface area contributed by atoms with Crippen molar-refractivity contribution in [3.63, 3.8) is 0 Å².